The van der Waals surface area contributed by atoms with E-state index in [2.05, 4.69) is 5.32 Å². The van der Waals surface area contributed by atoms with E-state index in [0.717, 1.165) is 11.1 Å². The fourth-order valence-corrected chi connectivity index (χ4v) is 2.20. The standard InChI is InChI=1S/C18H16ClNO3/c1-11-7-8-13(10-15(11)19)9-12(2)17(21)20-16-6-4-3-5-14(16)18(22)23/h3-10H,1-2H3,(H,20,21)(H,22,23)/b12-9+. The summed E-state index contributed by atoms with van der Waals surface area (Å²) in [7, 11) is 0. The predicted molar refractivity (Wildman–Crippen MR) is 91.9 cm³/mol. The van der Waals surface area contributed by atoms with Crippen LogP contribution in [0.1, 0.15) is 28.4 Å². The molecular weight excluding hydrogens is 314 g/mol. The van der Waals surface area contributed by atoms with Crippen molar-refractivity contribution in [3.8, 4) is 0 Å². The van der Waals surface area contributed by atoms with Crippen molar-refractivity contribution in [3.63, 3.8) is 0 Å². The van der Waals surface area contributed by atoms with Gasteiger partial charge in [-0.3, -0.25) is 4.79 Å². The SMILES string of the molecule is C/C(=C\c1ccc(C)c(Cl)c1)C(=O)Nc1ccccc1C(=O)O. The van der Waals surface area contributed by atoms with Gasteiger partial charge in [0, 0.05) is 10.6 Å². The van der Waals surface area contributed by atoms with Gasteiger partial charge in [-0.15, -0.1) is 0 Å². The number of anilines is 1. The summed E-state index contributed by atoms with van der Waals surface area (Å²) in [6.07, 6.45) is 1.70. The van der Waals surface area contributed by atoms with Crippen LogP contribution < -0.4 is 5.32 Å². The number of carboxylic acid groups (broad SMARTS) is 1. The first-order valence-corrected chi connectivity index (χ1v) is 7.34. The Bertz CT molecular complexity index is 797. The van der Waals surface area contributed by atoms with Gasteiger partial charge in [-0.2, -0.15) is 0 Å². The van der Waals surface area contributed by atoms with Crippen LogP contribution in [0, 0.1) is 6.92 Å². The smallest absolute Gasteiger partial charge is 0.337 e. The van der Waals surface area contributed by atoms with E-state index in [0.29, 0.717) is 10.6 Å². The first-order valence-electron chi connectivity index (χ1n) is 6.96. The first kappa shape index (κ1) is 16.8. The minimum atomic E-state index is -1.09. The molecule has 0 aliphatic rings. The molecule has 0 aliphatic carbocycles. The Morgan fingerprint density at radius 3 is 2.52 bits per heavy atom. The molecule has 0 bridgehead atoms. The maximum absolute atomic E-state index is 12.2. The van der Waals surface area contributed by atoms with Gasteiger partial charge < -0.3 is 10.4 Å². The van der Waals surface area contributed by atoms with E-state index in [9.17, 15) is 9.59 Å². The quantitative estimate of drug-likeness (QED) is 0.817. The highest BCUT2D eigenvalue weighted by Crippen LogP contribution is 2.20. The van der Waals surface area contributed by atoms with Gasteiger partial charge in [-0.1, -0.05) is 35.9 Å². The van der Waals surface area contributed by atoms with Gasteiger partial charge in [-0.05, 0) is 49.2 Å². The van der Waals surface area contributed by atoms with E-state index in [1.54, 1.807) is 37.3 Å². The lowest BCUT2D eigenvalue weighted by Crippen LogP contribution is -2.15. The molecule has 118 valence electrons. The summed E-state index contributed by atoms with van der Waals surface area (Å²) in [4.78, 5) is 23.4. The Hall–Kier alpha value is -2.59. The molecule has 0 fully saturated rings. The summed E-state index contributed by atoms with van der Waals surface area (Å²) >= 11 is 6.07. The summed E-state index contributed by atoms with van der Waals surface area (Å²) in [5.41, 5.74) is 2.53. The highest BCUT2D eigenvalue weighted by Gasteiger charge is 2.12. The number of rotatable bonds is 4. The van der Waals surface area contributed by atoms with Crippen LogP contribution in [0.15, 0.2) is 48.0 Å². The van der Waals surface area contributed by atoms with Gasteiger partial charge in [0.2, 0.25) is 0 Å². The van der Waals surface area contributed by atoms with E-state index in [1.165, 1.54) is 6.07 Å². The van der Waals surface area contributed by atoms with Crippen LogP contribution in [-0.2, 0) is 4.79 Å². The second-order valence-electron chi connectivity index (χ2n) is 5.14. The molecular formula is C18H16ClNO3. The number of carboxylic acids is 1. The predicted octanol–water partition coefficient (Wildman–Crippen LogP) is 4.39. The van der Waals surface area contributed by atoms with E-state index in [1.807, 2.05) is 19.1 Å². The molecule has 0 unspecified atom stereocenters. The van der Waals surface area contributed by atoms with E-state index in [-0.39, 0.29) is 17.2 Å². The largest absolute Gasteiger partial charge is 0.478 e. The summed E-state index contributed by atoms with van der Waals surface area (Å²) in [5, 5.41) is 12.4. The zero-order valence-electron chi connectivity index (χ0n) is 12.8. The summed E-state index contributed by atoms with van der Waals surface area (Å²) < 4.78 is 0. The number of nitrogens with one attached hydrogen (secondary N) is 1. The van der Waals surface area contributed by atoms with Crippen LogP contribution in [0.25, 0.3) is 6.08 Å². The Balaban J connectivity index is 2.22. The number of aromatic carboxylic acids is 1. The number of hydrogen-bond acceptors (Lipinski definition) is 2. The topological polar surface area (TPSA) is 66.4 Å². The third-order valence-corrected chi connectivity index (χ3v) is 3.75. The number of carbonyl (C=O) groups excluding carboxylic acids is 1. The third kappa shape index (κ3) is 4.20. The maximum Gasteiger partial charge on any atom is 0.337 e. The van der Waals surface area contributed by atoms with E-state index >= 15 is 0 Å². The van der Waals surface area contributed by atoms with Gasteiger partial charge in [0.1, 0.15) is 0 Å². The van der Waals surface area contributed by atoms with Gasteiger partial charge in [0.25, 0.3) is 5.91 Å². The Morgan fingerprint density at radius 1 is 1.17 bits per heavy atom. The average Bonchev–Trinajstić information content (AvgIpc) is 2.51. The lowest BCUT2D eigenvalue weighted by molar-refractivity contribution is -0.112. The molecule has 23 heavy (non-hydrogen) atoms. The Kier molecular flexibility index (Phi) is 5.19. The van der Waals surface area contributed by atoms with Crippen LogP contribution in [0.4, 0.5) is 5.69 Å². The molecule has 0 aliphatic heterocycles. The van der Waals surface area contributed by atoms with Crippen LogP contribution in [-0.4, -0.2) is 17.0 Å². The van der Waals surface area contributed by atoms with E-state index in [4.69, 9.17) is 16.7 Å². The first-order chi connectivity index (χ1) is 10.9. The summed E-state index contributed by atoms with van der Waals surface area (Å²) in [6, 6.07) is 11.8. The Labute approximate surface area is 139 Å². The minimum Gasteiger partial charge on any atom is -0.478 e. The van der Waals surface area contributed by atoms with E-state index < -0.39 is 5.97 Å². The number of amides is 1. The molecule has 2 aromatic rings. The van der Waals surface area contributed by atoms with Crippen molar-refractivity contribution in [1.29, 1.82) is 0 Å². The van der Waals surface area contributed by atoms with Crippen LogP contribution in [0.5, 0.6) is 0 Å². The van der Waals surface area contributed by atoms with Crippen molar-refractivity contribution in [2.75, 3.05) is 5.32 Å². The minimum absolute atomic E-state index is 0.0482. The van der Waals surface area contributed by atoms with Crippen molar-refractivity contribution in [3.05, 3.63) is 69.8 Å². The number of halogens is 1. The highest BCUT2D eigenvalue weighted by molar-refractivity contribution is 6.31. The number of hydrogen-bond donors (Lipinski definition) is 2. The number of para-hydroxylation sites is 1. The van der Waals surface area contributed by atoms with Gasteiger partial charge >= 0.3 is 5.97 Å². The number of aryl methyl sites for hydroxylation is 1. The molecule has 2 aromatic carbocycles. The van der Waals surface area contributed by atoms with Crippen molar-refractivity contribution in [2.24, 2.45) is 0 Å². The molecule has 2 N–H and O–H groups in total. The second-order valence-corrected chi connectivity index (χ2v) is 5.55. The van der Waals surface area contributed by atoms with Crippen molar-refractivity contribution in [1.82, 2.24) is 0 Å². The van der Waals surface area contributed by atoms with Gasteiger partial charge in [0.15, 0.2) is 0 Å². The highest BCUT2D eigenvalue weighted by atomic mass is 35.5. The molecule has 5 heteroatoms. The molecule has 1 amide bonds. The third-order valence-electron chi connectivity index (χ3n) is 3.34. The molecule has 0 radical (unpaired) electrons. The normalized spacial score (nSPS) is 11.2. The second kappa shape index (κ2) is 7.11. The summed E-state index contributed by atoms with van der Waals surface area (Å²) in [5.74, 6) is -1.46. The molecule has 0 saturated carbocycles. The molecule has 0 heterocycles. The molecule has 2 rings (SSSR count). The zero-order valence-corrected chi connectivity index (χ0v) is 13.5. The van der Waals surface area contributed by atoms with Crippen LogP contribution in [0.3, 0.4) is 0 Å². The van der Waals surface area contributed by atoms with Crippen LogP contribution >= 0.6 is 11.6 Å². The fraction of sp³-hybridized carbons (Fsp3) is 0.111. The molecule has 0 aromatic heterocycles. The molecule has 0 spiro atoms. The maximum atomic E-state index is 12.2. The molecule has 0 atom stereocenters. The molecule has 0 saturated heterocycles. The zero-order chi connectivity index (χ0) is 17.0. The fourth-order valence-electron chi connectivity index (χ4n) is 2.01. The van der Waals surface area contributed by atoms with Gasteiger partial charge in [-0.25, -0.2) is 4.79 Å². The van der Waals surface area contributed by atoms with Crippen LogP contribution in [0.2, 0.25) is 5.02 Å². The number of benzene rings is 2. The molecule has 4 nitrogen and oxygen atoms in total. The van der Waals surface area contributed by atoms with Gasteiger partial charge in [0.05, 0.1) is 11.3 Å². The lowest BCUT2D eigenvalue weighted by Gasteiger charge is -2.08. The van der Waals surface area contributed by atoms with Crippen molar-refractivity contribution < 1.29 is 14.7 Å². The van der Waals surface area contributed by atoms with Crippen molar-refractivity contribution in [2.45, 2.75) is 13.8 Å². The lowest BCUT2D eigenvalue weighted by atomic mass is 10.1. The monoisotopic (exact) mass is 329 g/mol. The van der Waals surface area contributed by atoms with Crippen molar-refractivity contribution >= 4 is 35.2 Å². The Morgan fingerprint density at radius 2 is 1.87 bits per heavy atom. The number of carbonyl (C=O) groups is 2. The average molecular weight is 330 g/mol. The summed E-state index contributed by atoms with van der Waals surface area (Å²) in [6.45, 7) is 3.56.